The maximum absolute atomic E-state index is 13.6. The number of halogens is 7. The molecule has 1 aromatic carbocycles. The molecule has 16 heteroatoms. The zero-order chi connectivity index (χ0) is 33.1. The van der Waals surface area contributed by atoms with Crippen LogP contribution in [0.3, 0.4) is 0 Å². The quantitative estimate of drug-likeness (QED) is 0.236. The highest BCUT2D eigenvalue weighted by atomic mass is 35.5. The maximum Gasteiger partial charge on any atom is 0.408 e. The standard InChI is InChI=1S/C29H25ClF6N6O3/c1-14(29(34,35)36)8-19-23(24(37)43)22(18-11-39-42(25(18)40-19)13-28(31,32)33)15-4-7-20-21(9-15)45-27(2,3)26(44)41(20)12-17-6-5-16(30)10-38-17/h4-7,9-11,14H,8,12-13H2,1-3H3,(H2,37,43). The van der Waals surface area contributed by atoms with Crippen LogP contribution in [0.2, 0.25) is 5.02 Å². The van der Waals surface area contributed by atoms with Gasteiger partial charge in [-0.25, -0.2) is 9.67 Å². The van der Waals surface area contributed by atoms with E-state index in [1.54, 1.807) is 12.1 Å². The van der Waals surface area contributed by atoms with Crippen LogP contribution in [-0.4, -0.2) is 49.5 Å². The molecule has 0 saturated heterocycles. The summed E-state index contributed by atoms with van der Waals surface area (Å²) in [5.41, 5.74) is 3.98. The predicted molar refractivity (Wildman–Crippen MR) is 152 cm³/mol. The van der Waals surface area contributed by atoms with E-state index in [4.69, 9.17) is 22.1 Å². The Kier molecular flexibility index (Phi) is 7.96. The lowest BCUT2D eigenvalue weighted by Gasteiger charge is -2.39. The number of ether oxygens (including phenoxy) is 1. The molecule has 4 aromatic rings. The fourth-order valence-corrected chi connectivity index (χ4v) is 5.20. The number of alkyl halides is 6. The van der Waals surface area contributed by atoms with Crippen molar-refractivity contribution in [3.8, 4) is 16.9 Å². The van der Waals surface area contributed by atoms with Crippen molar-refractivity contribution >= 4 is 40.1 Å². The van der Waals surface area contributed by atoms with Crippen molar-refractivity contribution in [2.24, 2.45) is 11.7 Å². The summed E-state index contributed by atoms with van der Waals surface area (Å²) in [6.45, 7) is 2.38. The van der Waals surface area contributed by atoms with E-state index in [1.165, 1.54) is 43.1 Å². The molecule has 238 valence electrons. The Morgan fingerprint density at radius 1 is 1.11 bits per heavy atom. The summed E-state index contributed by atoms with van der Waals surface area (Å²) in [5.74, 6) is -3.40. The van der Waals surface area contributed by atoms with Crippen molar-refractivity contribution in [3.05, 3.63) is 64.7 Å². The monoisotopic (exact) mass is 654 g/mol. The molecule has 1 aliphatic heterocycles. The number of primary amides is 1. The normalized spacial score (nSPS) is 15.6. The van der Waals surface area contributed by atoms with Crippen molar-refractivity contribution < 1.29 is 40.7 Å². The zero-order valence-electron chi connectivity index (χ0n) is 23.9. The van der Waals surface area contributed by atoms with Gasteiger partial charge in [-0.15, -0.1) is 0 Å². The Morgan fingerprint density at radius 2 is 1.82 bits per heavy atom. The molecule has 0 spiro atoms. The largest absolute Gasteiger partial charge is 0.476 e. The number of fused-ring (bicyclic) bond motifs is 2. The molecular formula is C29H25ClF6N6O3. The van der Waals surface area contributed by atoms with E-state index in [0.717, 1.165) is 13.1 Å². The third-order valence-electron chi connectivity index (χ3n) is 7.27. The molecule has 0 fully saturated rings. The fraction of sp³-hybridized carbons (Fsp3) is 0.345. The minimum atomic E-state index is -4.73. The van der Waals surface area contributed by atoms with Gasteiger partial charge in [-0.3, -0.25) is 19.5 Å². The van der Waals surface area contributed by atoms with Gasteiger partial charge in [-0.1, -0.05) is 24.6 Å². The van der Waals surface area contributed by atoms with Crippen LogP contribution in [0.25, 0.3) is 22.2 Å². The molecule has 3 aromatic heterocycles. The van der Waals surface area contributed by atoms with Crippen LogP contribution in [0, 0.1) is 5.92 Å². The van der Waals surface area contributed by atoms with Gasteiger partial charge >= 0.3 is 12.4 Å². The lowest BCUT2D eigenvalue weighted by atomic mass is 9.91. The number of pyridine rings is 2. The van der Waals surface area contributed by atoms with E-state index in [2.05, 4.69) is 15.1 Å². The number of carbonyl (C=O) groups excluding carboxylic acids is 2. The smallest absolute Gasteiger partial charge is 0.408 e. The molecule has 45 heavy (non-hydrogen) atoms. The van der Waals surface area contributed by atoms with Gasteiger partial charge < -0.3 is 10.5 Å². The molecule has 0 saturated carbocycles. The van der Waals surface area contributed by atoms with Crippen LogP contribution in [-0.2, 0) is 24.3 Å². The van der Waals surface area contributed by atoms with Crippen molar-refractivity contribution in [1.29, 1.82) is 0 Å². The van der Waals surface area contributed by atoms with Crippen LogP contribution >= 0.6 is 11.6 Å². The molecule has 0 bridgehead atoms. The van der Waals surface area contributed by atoms with E-state index in [0.29, 0.717) is 21.1 Å². The van der Waals surface area contributed by atoms with Crippen LogP contribution in [0.15, 0.2) is 42.7 Å². The van der Waals surface area contributed by atoms with Crippen LogP contribution in [0.1, 0.15) is 42.5 Å². The Labute approximate surface area is 256 Å². The first-order valence-electron chi connectivity index (χ1n) is 13.4. The number of aromatic nitrogens is 4. The van der Waals surface area contributed by atoms with Gasteiger partial charge in [-0.2, -0.15) is 31.4 Å². The molecule has 5 rings (SSSR count). The van der Waals surface area contributed by atoms with Gasteiger partial charge in [0.15, 0.2) is 11.2 Å². The van der Waals surface area contributed by atoms with E-state index in [1.807, 2.05) is 0 Å². The number of hydrogen-bond acceptors (Lipinski definition) is 6. The maximum atomic E-state index is 13.6. The summed E-state index contributed by atoms with van der Waals surface area (Å²) in [7, 11) is 0. The third kappa shape index (κ3) is 6.39. The molecule has 0 aliphatic carbocycles. The minimum Gasteiger partial charge on any atom is -0.476 e. The molecule has 2 N–H and O–H groups in total. The Hall–Kier alpha value is -4.40. The zero-order valence-corrected chi connectivity index (χ0v) is 24.7. The summed E-state index contributed by atoms with van der Waals surface area (Å²) in [4.78, 5) is 35.9. The van der Waals surface area contributed by atoms with Crippen LogP contribution < -0.4 is 15.4 Å². The summed E-state index contributed by atoms with van der Waals surface area (Å²) in [6.07, 6.45) is -7.81. The highest BCUT2D eigenvalue weighted by Gasteiger charge is 2.42. The Bertz CT molecular complexity index is 1800. The molecule has 2 amide bonds. The van der Waals surface area contributed by atoms with Gasteiger partial charge in [0.25, 0.3) is 11.8 Å². The first kappa shape index (κ1) is 32.0. The first-order valence-corrected chi connectivity index (χ1v) is 13.8. The minimum absolute atomic E-state index is 0.0326. The Morgan fingerprint density at radius 3 is 2.42 bits per heavy atom. The highest BCUT2D eigenvalue weighted by Crippen LogP contribution is 2.44. The van der Waals surface area contributed by atoms with Gasteiger partial charge in [0.1, 0.15) is 12.3 Å². The second-order valence-electron chi connectivity index (χ2n) is 11.1. The number of nitrogens with zero attached hydrogens (tertiary/aromatic N) is 5. The number of rotatable bonds is 7. The second-order valence-corrected chi connectivity index (χ2v) is 11.6. The second kappa shape index (κ2) is 11.2. The number of nitrogens with two attached hydrogens (primary N) is 1. The average molecular weight is 655 g/mol. The number of hydrogen-bond donors (Lipinski definition) is 1. The van der Waals surface area contributed by atoms with E-state index in [-0.39, 0.29) is 34.5 Å². The van der Waals surface area contributed by atoms with Crippen LogP contribution in [0.5, 0.6) is 5.75 Å². The lowest BCUT2D eigenvalue weighted by molar-refractivity contribution is -0.169. The molecule has 1 atom stereocenters. The third-order valence-corrected chi connectivity index (χ3v) is 7.49. The van der Waals surface area contributed by atoms with Gasteiger partial charge in [0, 0.05) is 23.6 Å². The molecule has 9 nitrogen and oxygen atoms in total. The van der Waals surface area contributed by atoms with Crippen molar-refractivity contribution in [2.45, 2.75) is 58.2 Å². The van der Waals surface area contributed by atoms with Crippen molar-refractivity contribution in [2.75, 3.05) is 4.90 Å². The summed E-state index contributed by atoms with van der Waals surface area (Å²) in [6, 6.07) is 7.63. The number of benzene rings is 1. The van der Waals surface area contributed by atoms with Crippen LogP contribution in [0.4, 0.5) is 32.0 Å². The SMILES string of the molecule is CC(Cc1nc2c(cnn2CC(F)(F)F)c(-c2ccc3c(c2)OC(C)(C)C(=O)N3Cc2ccc(Cl)cn2)c1C(N)=O)C(F)(F)F. The molecule has 1 unspecified atom stereocenters. The van der Waals surface area contributed by atoms with Crippen molar-refractivity contribution in [1.82, 2.24) is 19.7 Å². The topological polar surface area (TPSA) is 116 Å². The van der Waals surface area contributed by atoms with Crippen molar-refractivity contribution in [3.63, 3.8) is 0 Å². The molecule has 1 aliphatic rings. The molecule has 0 radical (unpaired) electrons. The summed E-state index contributed by atoms with van der Waals surface area (Å²) < 4.78 is 87.4. The molecule has 4 heterocycles. The lowest BCUT2D eigenvalue weighted by Crippen LogP contribution is -2.52. The summed E-state index contributed by atoms with van der Waals surface area (Å²) >= 11 is 5.94. The van der Waals surface area contributed by atoms with E-state index in [9.17, 15) is 35.9 Å². The average Bonchev–Trinajstić information content (AvgIpc) is 3.31. The first-order chi connectivity index (χ1) is 20.9. The van der Waals surface area contributed by atoms with E-state index < -0.39 is 59.9 Å². The number of carbonyl (C=O) groups is 2. The predicted octanol–water partition coefficient (Wildman–Crippen LogP) is 6.25. The fourth-order valence-electron chi connectivity index (χ4n) is 5.09. The molecular weight excluding hydrogens is 630 g/mol. The Balaban J connectivity index is 1.72. The van der Waals surface area contributed by atoms with Gasteiger partial charge in [-0.05, 0) is 43.7 Å². The van der Waals surface area contributed by atoms with Gasteiger partial charge in [0.05, 0.1) is 46.3 Å². The number of amides is 2. The highest BCUT2D eigenvalue weighted by molar-refractivity contribution is 6.30. The summed E-state index contributed by atoms with van der Waals surface area (Å²) in [5, 5.41) is 4.13. The van der Waals surface area contributed by atoms with E-state index >= 15 is 0 Å². The van der Waals surface area contributed by atoms with Gasteiger partial charge in [0.2, 0.25) is 0 Å². The number of anilines is 1.